The molecule has 0 bridgehead atoms. The van der Waals surface area contributed by atoms with Crippen molar-refractivity contribution in [3.05, 3.63) is 108 Å². The fraction of sp³-hybridized carbons (Fsp3) is 0.207. The van der Waals surface area contributed by atoms with E-state index in [1.807, 2.05) is 41.2 Å². The third kappa shape index (κ3) is 4.18. The Kier molecular flexibility index (Phi) is 6.14. The number of rotatable bonds is 5. The SMILES string of the molecule is CC(C)c1cccc(C(C)C)c1-[n+]1ccc(-c2cc[n+](-c3ccccc3C#N)cc2)cc1. The van der Waals surface area contributed by atoms with Gasteiger partial charge in [-0.3, -0.25) is 0 Å². The molecule has 32 heavy (non-hydrogen) atoms. The molecule has 4 aromatic rings. The van der Waals surface area contributed by atoms with Crippen LogP contribution in [0, 0.1) is 11.3 Å². The summed E-state index contributed by atoms with van der Waals surface area (Å²) >= 11 is 0. The van der Waals surface area contributed by atoms with Crippen LogP contribution in [0.25, 0.3) is 22.5 Å². The van der Waals surface area contributed by atoms with E-state index in [1.54, 1.807) is 0 Å². The first-order valence-corrected chi connectivity index (χ1v) is 11.1. The molecule has 0 saturated heterocycles. The van der Waals surface area contributed by atoms with Crippen LogP contribution in [0.15, 0.2) is 91.5 Å². The smallest absolute Gasteiger partial charge is 0.192 e. The molecule has 3 nitrogen and oxygen atoms in total. The van der Waals surface area contributed by atoms with Crippen LogP contribution in [-0.4, -0.2) is 0 Å². The molecule has 2 aromatic heterocycles. The van der Waals surface area contributed by atoms with Crippen LogP contribution in [0.5, 0.6) is 0 Å². The van der Waals surface area contributed by atoms with Gasteiger partial charge in [0.15, 0.2) is 24.8 Å². The third-order valence-electron chi connectivity index (χ3n) is 5.90. The molecular weight excluding hydrogens is 390 g/mol. The molecule has 158 valence electrons. The number of benzene rings is 2. The monoisotopic (exact) mass is 419 g/mol. The van der Waals surface area contributed by atoms with Crippen LogP contribution in [0.3, 0.4) is 0 Å². The standard InChI is InChI=1S/C29H29N3/c1-21(2)26-9-7-10-27(22(3)4)29(26)32-18-14-24(15-19-32)23-12-16-31(17-13-23)28-11-6-5-8-25(28)20-30/h5-19,21-22H,1-4H3/q+2. The predicted molar refractivity (Wildman–Crippen MR) is 128 cm³/mol. The zero-order valence-electron chi connectivity index (χ0n) is 19.2. The van der Waals surface area contributed by atoms with Gasteiger partial charge < -0.3 is 0 Å². The number of hydrogen-bond acceptors (Lipinski definition) is 1. The van der Waals surface area contributed by atoms with Crippen molar-refractivity contribution < 1.29 is 9.13 Å². The van der Waals surface area contributed by atoms with Crippen molar-refractivity contribution >= 4 is 0 Å². The van der Waals surface area contributed by atoms with Gasteiger partial charge in [-0.1, -0.05) is 58.0 Å². The van der Waals surface area contributed by atoms with E-state index in [1.165, 1.54) is 16.8 Å². The number of aromatic nitrogens is 2. The van der Waals surface area contributed by atoms with Gasteiger partial charge in [-0.25, -0.2) is 0 Å². The Balaban J connectivity index is 1.68. The average Bonchev–Trinajstić information content (AvgIpc) is 2.83. The second-order valence-corrected chi connectivity index (χ2v) is 8.71. The van der Waals surface area contributed by atoms with E-state index in [4.69, 9.17) is 0 Å². The van der Waals surface area contributed by atoms with Crippen molar-refractivity contribution in [2.24, 2.45) is 0 Å². The number of nitrogens with zero attached hydrogens (tertiary/aromatic N) is 3. The van der Waals surface area contributed by atoms with Crippen molar-refractivity contribution in [2.45, 2.75) is 39.5 Å². The highest BCUT2D eigenvalue weighted by Crippen LogP contribution is 2.28. The van der Waals surface area contributed by atoms with Gasteiger partial charge in [-0.2, -0.15) is 14.4 Å². The number of hydrogen-bond donors (Lipinski definition) is 0. The van der Waals surface area contributed by atoms with Gasteiger partial charge in [0.05, 0.1) is 0 Å². The van der Waals surface area contributed by atoms with E-state index in [0.29, 0.717) is 17.4 Å². The van der Waals surface area contributed by atoms with Gasteiger partial charge in [0, 0.05) is 41.5 Å². The van der Waals surface area contributed by atoms with Gasteiger partial charge in [0.25, 0.3) is 0 Å². The molecule has 0 aliphatic rings. The minimum atomic E-state index is 0.455. The lowest BCUT2D eigenvalue weighted by atomic mass is 9.92. The second kappa shape index (κ2) is 9.16. The fourth-order valence-electron chi connectivity index (χ4n) is 4.15. The minimum absolute atomic E-state index is 0.455. The Bertz CT molecular complexity index is 1240. The molecule has 0 unspecified atom stereocenters. The Morgan fingerprint density at radius 1 is 0.625 bits per heavy atom. The number of nitriles is 1. The first kappa shape index (κ1) is 21.5. The highest BCUT2D eigenvalue weighted by atomic mass is 14.9. The van der Waals surface area contributed by atoms with Gasteiger partial charge in [-0.15, -0.1) is 0 Å². The molecule has 0 radical (unpaired) electrons. The van der Waals surface area contributed by atoms with Crippen LogP contribution >= 0.6 is 0 Å². The molecule has 0 saturated carbocycles. The van der Waals surface area contributed by atoms with E-state index in [9.17, 15) is 5.26 Å². The van der Waals surface area contributed by atoms with E-state index in [-0.39, 0.29) is 0 Å². The third-order valence-corrected chi connectivity index (χ3v) is 5.90. The van der Waals surface area contributed by atoms with Crippen molar-refractivity contribution in [1.29, 1.82) is 5.26 Å². The molecule has 0 fully saturated rings. The molecule has 0 spiro atoms. The summed E-state index contributed by atoms with van der Waals surface area (Å²) in [4.78, 5) is 0. The first-order valence-electron chi connectivity index (χ1n) is 11.1. The molecular formula is C29H29N3+2. The Morgan fingerprint density at radius 3 is 1.62 bits per heavy atom. The molecule has 0 aliphatic carbocycles. The number of para-hydroxylation sites is 2. The topological polar surface area (TPSA) is 31.5 Å². The van der Waals surface area contributed by atoms with Crippen molar-refractivity contribution in [3.8, 4) is 28.6 Å². The maximum Gasteiger partial charge on any atom is 0.228 e. The highest BCUT2D eigenvalue weighted by Gasteiger charge is 2.22. The summed E-state index contributed by atoms with van der Waals surface area (Å²) in [5.74, 6) is 0.911. The Labute approximate surface area is 190 Å². The summed E-state index contributed by atoms with van der Waals surface area (Å²) in [6.07, 6.45) is 8.35. The molecule has 0 amide bonds. The minimum Gasteiger partial charge on any atom is -0.192 e. The summed E-state index contributed by atoms with van der Waals surface area (Å²) < 4.78 is 4.24. The van der Waals surface area contributed by atoms with Gasteiger partial charge in [0.2, 0.25) is 11.4 Å². The summed E-state index contributed by atoms with van der Waals surface area (Å²) in [5, 5.41) is 9.37. The lowest BCUT2D eigenvalue weighted by Crippen LogP contribution is -2.33. The maximum atomic E-state index is 9.37. The molecule has 4 rings (SSSR count). The van der Waals surface area contributed by atoms with Crippen LogP contribution in [0.1, 0.15) is 56.2 Å². The van der Waals surface area contributed by atoms with Crippen LogP contribution in [-0.2, 0) is 0 Å². The molecule has 2 heterocycles. The largest absolute Gasteiger partial charge is 0.228 e. The molecule has 3 heteroatoms. The van der Waals surface area contributed by atoms with E-state index in [2.05, 4.69) is 93.2 Å². The van der Waals surface area contributed by atoms with Crippen molar-refractivity contribution in [2.75, 3.05) is 0 Å². The summed E-state index contributed by atoms with van der Waals surface area (Å²) in [6.45, 7) is 9.01. The second-order valence-electron chi connectivity index (χ2n) is 8.71. The van der Waals surface area contributed by atoms with E-state index >= 15 is 0 Å². The maximum absolute atomic E-state index is 9.37. The van der Waals surface area contributed by atoms with E-state index < -0.39 is 0 Å². The van der Waals surface area contributed by atoms with Gasteiger partial charge in [0.1, 0.15) is 11.6 Å². The fourth-order valence-corrected chi connectivity index (χ4v) is 4.15. The average molecular weight is 420 g/mol. The first-order chi connectivity index (χ1) is 15.5. The van der Waals surface area contributed by atoms with Crippen LogP contribution in [0.4, 0.5) is 0 Å². The predicted octanol–water partition coefficient (Wildman–Crippen LogP) is 6.03. The van der Waals surface area contributed by atoms with Gasteiger partial charge in [-0.05, 0) is 29.0 Å². The zero-order chi connectivity index (χ0) is 22.7. The quantitative estimate of drug-likeness (QED) is 0.364. The van der Waals surface area contributed by atoms with Crippen LogP contribution < -0.4 is 9.13 Å². The lowest BCUT2D eigenvalue weighted by molar-refractivity contribution is -0.597. The normalized spacial score (nSPS) is 11.0. The molecule has 0 aliphatic heterocycles. The molecule has 2 aromatic carbocycles. The molecule has 0 atom stereocenters. The lowest BCUT2D eigenvalue weighted by Gasteiger charge is -2.14. The van der Waals surface area contributed by atoms with Crippen molar-refractivity contribution in [1.82, 2.24) is 0 Å². The molecule has 0 N–H and O–H groups in total. The summed E-state index contributed by atoms with van der Waals surface area (Å²) in [6, 6.07) is 25.1. The zero-order valence-corrected chi connectivity index (χ0v) is 19.2. The van der Waals surface area contributed by atoms with Gasteiger partial charge >= 0.3 is 0 Å². The Morgan fingerprint density at radius 2 is 1.12 bits per heavy atom. The Hall–Kier alpha value is -3.77. The number of pyridine rings is 2. The highest BCUT2D eigenvalue weighted by molar-refractivity contribution is 5.61. The van der Waals surface area contributed by atoms with Crippen molar-refractivity contribution in [3.63, 3.8) is 0 Å². The summed E-state index contributed by atoms with van der Waals surface area (Å²) in [5.41, 5.74) is 7.88. The summed E-state index contributed by atoms with van der Waals surface area (Å²) in [7, 11) is 0. The van der Waals surface area contributed by atoms with Crippen LogP contribution in [0.2, 0.25) is 0 Å². The van der Waals surface area contributed by atoms with E-state index in [0.717, 1.165) is 16.8 Å².